The van der Waals surface area contributed by atoms with E-state index >= 15 is 0 Å². The molecule has 1 heterocycles. The standard InChI is InChI=1S/C21H30N4O/c1-14(2)18-8-6-17(7-9-18)12-25(19-10-11-19)13-20(26)22-21-15(3)23-24(5)16(21)4/h6-9,14,19H,10-13H2,1-5H3,(H,22,26). The van der Waals surface area contributed by atoms with Crippen LogP contribution in [0.15, 0.2) is 24.3 Å². The number of amides is 1. The topological polar surface area (TPSA) is 50.2 Å². The summed E-state index contributed by atoms with van der Waals surface area (Å²) in [5.74, 6) is 0.579. The number of hydrogen-bond donors (Lipinski definition) is 1. The highest BCUT2D eigenvalue weighted by molar-refractivity contribution is 5.93. The van der Waals surface area contributed by atoms with Gasteiger partial charge in [-0.25, -0.2) is 0 Å². The van der Waals surface area contributed by atoms with Crippen molar-refractivity contribution < 1.29 is 4.79 Å². The Hall–Kier alpha value is -2.14. The van der Waals surface area contributed by atoms with Crippen LogP contribution in [0.1, 0.15) is 55.1 Å². The Labute approximate surface area is 156 Å². The lowest BCUT2D eigenvalue weighted by atomic mass is 10.0. The fourth-order valence-electron chi connectivity index (χ4n) is 3.31. The van der Waals surface area contributed by atoms with Crippen molar-refractivity contribution in [1.82, 2.24) is 14.7 Å². The average Bonchev–Trinajstić information content (AvgIpc) is 3.40. The van der Waals surface area contributed by atoms with Crippen molar-refractivity contribution in [2.24, 2.45) is 7.05 Å². The molecule has 0 spiro atoms. The maximum absolute atomic E-state index is 12.6. The number of anilines is 1. The molecule has 3 rings (SSSR count). The van der Waals surface area contributed by atoms with Crippen molar-refractivity contribution in [3.8, 4) is 0 Å². The monoisotopic (exact) mass is 354 g/mol. The zero-order valence-corrected chi connectivity index (χ0v) is 16.5. The van der Waals surface area contributed by atoms with Gasteiger partial charge in [0, 0.05) is 19.6 Å². The molecule has 1 aliphatic carbocycles. The summed E-state index contributed by atoms with van der Waals surface area (Å²) in [6, 6.07) is 9.32. The summed E-state index contributed by atoms with van der Waals surface area (Å²) in [4.78, 5) is 14.9. The summed E-state index contributed by atoms with van der Waals surface area (Å²) < 4.78 is 1.81. The van der Waals surface area contributed by atoms with Gasteiger partial charge in [0.2, 0.25) is 5.91 Å². The summed E-state index contributed by atoms with van der Waals surface area (Å²) in [5.41, 5.74) is 5.31. The molecule has 140 valence electrons. The van der Waals surface area contributed by atoms with Crippen LogP contribution in [0.25, 0.3) is 0 Å². The van der Waals surface area contributed by atoms with E-state index in [1.807, 2.05) is 20.9 Å². The first-order valence-electron chi connectivity index (χ1n) is 9.48. The molecule has 0 unspecified atom stereocenters. The second-order valence-corrected chi connectivity index (χ2v) is 7.75. The lowest BCUT2D eigenvalue weighted by molar-refractivity contribution is -0.117. The van der Waals surface area contributed by atoms with Crippen molar-refractivity contribution >= 4 is 11.6 Å². The zero-order valence-electron chi connectivity index (χ0n) is 16.5. The number of nitrogens with one attached hydrogen (secondary N) is 1. The van der Waals surface area contributed by atoms with Crippen molar-refractivity contribution in [2.45, 2.75) is 59.0 Å². The Morgan fingerprint density at radius 1 is 1.27 bits per heavy atom. The number of carbonyl (C=O) groups is 1. The van der Waals surface area contributed by atoms with Gasteiger partial charge in [0.1, 0.15) is 0 Å². The van der Waals surface area contributed by atoms with Crippen LogP contribution in [0.3, 0.4) is 0 Å². The van der Waals surface area contributed by atoms with Gasteiger partial charge in [0.25, 0.3) is 0 Å². The van der Waals surface area contributed by atoms with Crippen LogP contribution in [0.5, 0.6) is 0 Å². The van der Waals surface area contributed by atoms with Crippen LogP contribution in [0, 0.1) is 13.8 Å². The van der Waals surface area contributed by atoms with Crippen molar-refractivity contribution in [2.75, 3.05) is 11.9 Å². The summed E-state index contributed by atoms with van der Waals surface area (Å²) in [6.45, 7) is 9.56. The number of nitrogens with zero attached hydrogens (tertiary/aromatic N) is 3. The zero-order chi connectivity index (χ0) is 18.8. The molecule has 1 saturated carbocycles. The second-order valence-electron chi connectivity index (χ2n) is 7.75. The maximum Gasteiger partial charge on any atom is 0.238 e. The summed E-state index contributed by atoms with van der Waals surface area (Å²) >= 11 is 0. The normalized spacial score (nSPS) is 14.3. The van der Waals surface area contributed by atoms with Gasteiger partial charge in [0.15, 0.2) is 0 Å². The van der Waals surface area contributed by atoms with Gasteiger partial charge in [0.05, 0.1) is 23.6 Å². The van der Waals surface area contributed by atoms with E-state index in [1.165, 1.54) is 24.0 Å². The predicted octanol–water partition coefficient (Wildman–Crippen LogP) is 3.76. The fourth-order valence-corrected chi connectivity index (χ4v) is 3.31. The highest BCUT2D eigenvalue weighted by Gasteiger charge is 2.30. The molecule has 2 aromatic rings. The van der Waals surface area contributed by atoms with Gasteiger partial charge < -0.3 is 5.32 Å². The molecular weight excluding hydrogens is 324 g/mol. The molecule has 1 aromatic heterocycles. The fraction of sp³-hybridized carbons (Fsp3) is 0.524. The first kappa shape index (κ1) is 18.6. The highest BCUT2D eigenvalue weighted by atomic mass is 16.2. The number of rotatable bonds is 7. The predicted molar refractivity (Wildman–Crippen MR) is 105 cm³/mol. The van der Waals surface area contributed by atoms with E-state index < -0.39 is 0 Å². The van der Waals surface area contributed by atoms with Crippen LogP contribution in [0.2, 0.25) is 0 Å². The molecule has 0 bridgehead atoms. The van der Waals surface area contributed by atoms with Gasteiger partial charge in [-0.1, -0.05) is 38.1 Å². The summed E-state index contributed by atoms with van der Waals surface area (Å²) in [5, 5.41) is 7.43. The summed E-state index contributed by atoms with van der Waals surface area (Å²) in [6.07, 6.45) is 2.37. The molecule has 0 saturated heterocycles. The van der Waals surface area contributed by atoms with E-state index in [-0.39, 0.29) is 5.91 Å². The average molecular weight is 354 g/mol. The van der Waals surface area contributed by atoms with Crippen LogP contribution in [-0.4, -0.2) is 33.2 Å². The molecule has 5 nitrogen and oxygen atoms in total. The number of benzene rings is 1. The molecule has 5 heteroatoms. The minimum atomic E-state index is 0.0369. The SMILES string of the molecule is Cc1nn(C)c(C)c1NC(=O)CN(Cc1ccc(C(C)C)cc1)C1CC1. The van der Waals surface area contributed by atoms with E-state index in [0.717, 1.165) is 23.6 Å². The number of carbonyl (C=O) groups excluding carboxylic acids is 1. The molecular formula is C21H30N4O. The quantitative estimate of drug-likeness (QED) is 0.823. The van der Waals surface area contributed by atoms with Gasteiger partial charge >= 0.3 is 0 Å². The van der Waals surface area contributed by atoms with E-state index in [4.69, 9.17) is 0 Å². The largest absolute Gasteiger partial charge is 0.322 e. The van der Waals surface area contributed by atoms with E-state index in [9.17, 15) is 4.79 Å². The van der Waals surface area contributed by atoms with Crippen LogP contribution in [-0.2, 0) is 18.4 Å². The van der Waals surface area contributed by atoms with Crippen molar-refractivity contribution in [1.29, 1.82) is 0 Å². The lowest BCUT2D eigenvalue weighted by Gasteiger charge is -2.22. The molecule has 1 fully saturated rings. The van der Waals surface area contributed by atoms with Crippen LogP contribution >= 0.6 is 0 Å². The molecule has 1 aromatic carbocycles. The van der Waals surface area contributed by atoms with Gasteiger partial charge in [-0.05, 0) is 43.7 Å². The molecule has 0 aliphatic heterocycles. The Balaban J connectivity index is 1.64. The van der Waals surface area contributed by atoms with E-state index in [1.54, 1.807) is 4.68 Å². The molecule has 0 atom stereocenters. The summed E-state index contributed by atoms with van der Waals surface area (Å²) in [7, 11) is 1.90. The minimum Gasteiger partial charge on any atom is -0.322 e. The number of aryl methyl sites for hydroxylation is 2. The Morgan fingerprint density at radius 3 is 2.42 bits per heavy atom. The third kappa shape index (κ3) is 4.33. The number of hydrogen-bond acceptors (Lipinski definition) is 3. The second kappa shape index (κ2) is 7.62. The van der Waals surface area contributed by atoms with E-state index in [0.29, 0.717) is 18.5 Å². The van der Waals surface area contributed by atoms with E-state index in [2.05, 4.69) is 53.4 Å². The number of aromatic nitrogens is 2. The Morgan fingerprint density at radius 2 is 1.92 bits per heavy atom. The third-order valence-electron chi connectivity index (χ3n) is 5.22. The maximum atomic E-state index is 12.6. The lowest BCUT2D eigenvalue weighted by Crippen LogP contribution is -2.34. The third-order valence-corrected chi connectivity index (χ3v) is 5.22. The van der Waals surface area contributed by atoms with Crippen molar-refractivity contribution in [3.05, 3.63) is 46.8 Å². The Kier molecular flexibility index (Phi) is 5.47. The van der Waals surface area contributed by atoms with Gasteiger partial charge in [-0.15, -0.1) is 0 Å². The van der Waals surface area contributed by atoms with Crippen LogP contribution in [0.4, 0.5) is 5.69 Å². The first-order chi connectivity index (χ1) is 12.3. The molecule has 1 amide bonds. The molecule has 1 aliphatic rings. The highest BCUT2D eigenvalue weighted by Crippen LogP contribution is 2.29. The molecule has 0 radical (unpaired) electrons. The van der Waals surface area contributed by atoms with Gasteiger partial charge in [-0.2, -0.15) is 5.10 Å². The van der Waals surface area contributed by atoms with Crippen LogP contribution < -0.4 is 5.32 Å². The smallest absolute Gasteiger partial charge is 0.238 e. The molecule has 1 N–H and O–H groups in total. The Bertz CT molecular complexity index is 772. The minimum absolute atomic E-state index is 0.0369. The molecule has 26 heavy (non-hydrogen) atoms. The van der Waals surface area contributed by atoms with Gasteiger partial charge in [-0.3, -0.25) is 14.4 Å². The van der Waals surface area contributed by atoms with Crippen molar-refractivity contribution in [3.63, 3.8) is 0 Å². The first-order valence-corrected chi connectivity index (χ1v) is 9.48.